The molecule has 0 saturated carbocycles. The van der Waals surface area contributed by atoms with Crippen LogP contribution in [0.1, 0.15) is 0 Å². The fourth-order valence-corrected chi connectivity index (χ4v) is 0.587. The fourth-order valence-electron chi connectivity index (χ4n) is 0.285. The molecule has 0 fully saturated rings. The van der Waals surface area contributed by atoms with E-state index in [2.05, 4.69) is 19.1 Å². The van der Waals surface area contributed by atoms with Crippen molar-refractivity contribution in [2.45, 2.75) is 12.4 Å². The minimum atomic E-state index is -4.73. The van der Waals surface area contributed by atoms with Gasteiger partial charge < -0.3 is 0 Å². The number of halogens is 6. The predicted octanol–water partition coefficient (Wildman–Crippen LogP) is 2.66. The maximum absolute atomic E-state index is 11.4. The molecule has 0 aliphatic heterocycles. The lowest BCUT2D eigenvalue weighted by atomic mass is 10.7. The lowest BCUT2D eigenvalue weighted by molar-refractivity contribution is -0.316. The third kappa shape index (κ3) is 11.6. The topological polar surface area (TPSA) is 54.0 Å². The molecule has 0 N–H and O–H groups in total. The number of rotatable bonds is 6. The van der Waals surface area contributed by atoms with Gasteiger partial charge in [-0.3, -0.25) is 0 Å². The van der Waals surface area contributed by atoms with Gasteiger partial charge >= 0.3 is 20.6 Å². The Morgan fingerprint density at radius 1 is 0.812 bits per heavy atom. The molecule has 0 aromatic heterocycles. The summed E-state index contributed by atoms with van der Waals surface area (Å²) in [5.41, 5.74) is 0. The number of hydrogen-bond acceptors (Lipinski definition) is 5. The molecule has 0 radical (unpaired) electrons. The van der Waals surface area contributed by atoms with E-state index in [4.69, 9.17) is 0 Å². The van der Waals surface area contributed by atoms with Crippen LogP contribution in [0.2, 0.25) is 0 Å². The van der Waals surface area contributed by atoms with Crippen LogP contribution in [0.15, 0.2) is 0 Å². The monoisotopic (exact) mass is 277 g/mol. The summed E-state index contributed by atoms with van der Waals surface area (Å²) in [5, 5.41) is 0. The lowest BCUT2D eigenvalue weighted by Gasteiger charge is -2.01. The van der Waals surface area contributed by atoms with Gasteiger partial charge in [-0.15, -0.1) is 0 Å². The maximum Gasteiger partial charge on any atom is 0.759 e. The second kappa shape index (κ2) is 6.30. The first-order valence-corrected chi connectivity index (χ1v) is 4.39. The molecule has 0 heterocycles. The third-order valence-corrected chi connectivity index (χ3v) is 1.13. The van der Waals surface area contributed by atoms with Crippen molar-refractivity contribution in [1.29, 1.82) is 0 Å². The van der Waals surface area contributed by atoms with Crippen molar-refractivity contribution >= 4 is 8.25 Å². The average molecular weight is 277 g/mol. The molecule has 0 aromatic rings. The molecule has 0 atom stereocenters. The van der Waals surface area contributed by atoms with E-state index in [9.17, 15) is 30.9 Å². The van der Waals surface area contributed by atoms with Crippen LogP contribution in [0.3, 0.4) is 0 Å². The van der Waals surface area contributed by atoms with E-state index in [1.807, 2.05) is 0 Å². The molecule has 0 aliphatic rings. The first-order valence-electron chi connectivity index (χ1n) is 3.30. The Morgan fingerprint density at radius 3 is 1.38 bits per heavy atom. The molecule has 0 unspecified atom stereocenters. The van der Waals surface area contributed by atoms with Crippen molar-refractivity contribution in [3.8, 4) is 0 Å². The zero-order chi connectivity index (χ0) is 12.8. The summed E-state index contributed by atoms with van der Waals surface area (Å²) in [5.74, 6) is 0. The highest BCUT2D eigenvalue weighted by Gasteiger charge is 2.35. The van der Waals surface area contributed by atoms with Crippen LogP contribution in [-0.2, 0) is 23.7 Å². The van der Waals surface area contributed by atoms with Gasteiger partial charge in [0.05, 0.1) is 9.35 Å². The second-order valence-electron chi connectivity index (χ2n) is 2.13. The van der Waals surface area contributed by atoms with Crippen LogP contribution in [0, 0.1) is 0 Å². The smallest absolute Gasteiger partial charge is 0.178 e. The molecule has 12 heteroatoms. The Kier molecular flexibility index (Phi) is 6.11. The average Bonchev–Trinajstić information content (AvgIpc) is 1.98. The van der Waals surface area contributed by atoms with E-state index in [1.165, 1.54) is 0 Å². The van der Waals surface area contributed by atoms with E-state index < -0.39 is 33.8 Å². The largest absolute Gasteiger partial charge is 0.759 e. The van der Waals surface area contributed by atoms with Crippen LogP contribution in [-0.4, -0.2) is 25.6 Å². The van der Waals surface area contributed by atoms with Gasteiger partial charge in [-0.1, -0.05) is 0 Å². The van der Waals surface area contributed by atoms with Crippen molar-refractivity contribution in [2.24, 2.45) is 0 Å². The van der Waals surface area contributed by atoms with Crippen molar-refractivity contribution in [1.82, 2.24) is 0 Å². The maximum atomic E-state index is 11.4. The quantitative estimate of drug-likeness (QED) is 0.323. The zero-order valence-corrected chi connectivity index (χ0v) is 8.06. The Labute approximate surface area is 85.0 Å². The fraction of sp³-hybridized carbons (Fsp3) is 1.00. The molecular formula is C4H4F6O5P+. The Balaban J connectivity index is 3.53. The van der Waals surface area contributed by atoms with Crippen LogP contribution in [0.5, 0.6) is 0 Å². The Hall–Kier alpha value is -0.480. The van der Waals surface area contributed by atoms with Gasteiger partial charge in [-0.05, 0) is 0 Å². The van der Waals surface area contributed by atoms with E-state index in [-0.39, 0.29) is 0 Å². The van der Waals surface area contributed by atoms with Crippen molar-refractivity contribution in [3.63, 3.8) is 0 Å². The molecule has 0 bridgehead atoms. The molecule has 5 nitrogen and oxygen atoms in total. The van der Waals surface area contributed by atoms with Gasteiger partial charge in [-0.2, -0.15) is 36.1 Å². The summed E-state index contributed by atoms with van der Waals surface area (Å²) in [6, 6.07) is 0. The molecule has 0 aliphatic carbocycles. The predicted molar refractivity (Wildman–Crippen MR) is 33.8 cm³/mol. The molecule has 0 rings (SSSR count). The molecular weight excluding hydrogens is 273 g/mol. The van der Waals surface area contributed by atoms with Crippen LogP contribution in [0.4, 0.5) is 26.3 Å². The highest BCUT2D eigenvalue weighted by Crippen LogP contribution is 2.27. The van der Waals surface area contributed by atoms with Gasteiger partial charge in [-0.25, -0.2) is 0 Å². The third-order valence-electron chi connectivity index (χ3n) is 0.672. The van der Waals surface area contributed by atoms with Gasteiger partial charge in [0.2, 0.25) is 0 Å². The van der Waals surface area contributed by atoms with Crippen LogP contribution in [0.25, 0.3) is 0 Å². The highest BCUT2D eigenvalue weighted by atomic mass is 31.1. The number of hydrogen-bond donors (Lipinski definition) is 0. The summed E-state index contributed by atoms with van der Waals surface area (Å²) in [7, 11) is -3.38. The van der Waals surface area contributed by atoms with Gasteiger partial charge in [0.25, 0.3) is 0 Å². The summed E-state index contributed by atoms with van der Waals surface area (Å²) < 4.78 is 85.5. The highest BCUT2D eigenvalue weighted by molar-refractivity contribution is 7.32. The van der Waals surface area contributed by atoms with E-state index >= 15 is 0 Å². The Morgan fingerprint density at radius 2 is 1.12 bits per heavy atom. The molecule has 96 valence electrons. The summed E-state index contributed by atoms with van der Waals surface area (Å²) in [6.45, 7) is -3.78. The van der Waals surface area contributed by atoms with Crippen molar-refractivity contribution < 1.29 is 50.0 Å². The van der Waals surface area contributed by atoms with E-state index in [1.54, 1.807) is 0 Å². The van der Waals surface area contributed by atoms with E-state index in [0.29, 0.717) is 0 Å². The first kappa shape index (κ1) is 15.5. The Bertz CT molecular complexity index is 204. The summed E-state index contributed by atoms with van der Waals surface area (Å²) in [6.07, 6.45) is -9.47. The molecule has 16 heavy (non-hydrogen) atoms. The lowest BCUT2D eigenvalue weighted by Crippen LogP contribution is -2.17. The number of alkyl halides is 6. The zero-order valence-electron chi connectivity index (χ0n) is 7.17. The minimum Gasteiger partial charge on any atom is -0.178 e. The molecule has 0 spiro atoms. The minimum absolute atomic E-state index is 1.89. The normalized spacial score (nSPS) is 12.9. The van der Waals surface area contributed by atoms with Crippen LogP contribution >= 0.6 is 8.25 Å². The van der Waals surface area contributed by atoms with Gasteiger partial charge in [0, 0.05) is 4.57 Å². The van der Waals surface area contributed by atoms with Crippen molar-refractivity contribution in [3.05, 3.63) is 0 Å². The van der Waals surface area contributed by atoms with Gasteiger partial charge in [0.15, 0.2) is 13.2 Å². The molecule has 0 saturated heterocycles. The molecule has 0 aromatic carbocycles. The van der Waals surface area contributed by atoms with Gasteiger partial charge in [0.1, 0.15) is 0 Å². The SMILES string of the molecule is O=[P+](OOCC(F)(F)F)OOCC(F)(F)F. The van der Waals surface area contributed by atoms with E-state index in [0.717, 1.165) is 0 Å². The van der Waals surface area contributed by atoms with Crippen molar-refractivity contribution in [2.75, 3.05) is 13.2 Å². The summed E-state index contributed by atoms with van der Waals surface area (Å²) in [4.78, 5) is 6.70. The molecule has 0 amide bonds. The summed E-state index contributed by atoms with van der Waals surface area (Å²) >= 11 is 0. The standard InChI is InChI=1S/C4H4F6O5P/c5-3(6,7)1-12-14-16(11)15-13-2-4(8,9)10/h1-2H2/q+1. The first-order chi connectivity index (χ1) is 7.10. The van der Waals surface area contributed by atoms with Crippen LogP contribution < -0.4 is 0 Å². The second-order valence-corrected chi connectivity index (χ2v) is 2.87.